The summed E-state index contributed by atoms with van der Waals surface area (Å²) in [5.74, 6) is -0.0178. The molecule has 0 saturated heterocycles. The van der Waals surface area contributed by atoms with Gasteiger partial charge >= 0.3 is 0 Å². The number of hydrogen-bond donors (Lipinski definition) is 0. The van der Waals surface area contributed by atoms with Gasteiger partial charge in [0, 0.05) is 39.6 Å². The minimum Gasteiger partial charge on any atom is -0.330 e. The normalized spacial score (nSPS) is 15.7. The number of carbonyl (C=O) groups excluding carboxylic acids is 1. The van der Waals surface area contributed by atoms with Gasteiger partial charge < -0.3 is 4.90 Å². The van der Waals surface area contributed by atoms with Crippen molar-refractivity contribution in [1.29, 1.82) is 0 Å². The third-order valence-electron chi connectivity index (χ3n) is 7.02. The molecule has 2 aromatic heterocycles. The lowest BCUT2D eigenvalue weighted by atomic mass is 9.93. The van der Waals surface area contributed by atoms with E-state index < -0.39 is 16.1 Å². The molecule has 1 aliphatic heterocycles. The Labute approximate surface area is 243 Å². The van der Waals surface area contributed by atoms with Crippen molar-refractivity contribution < 1.29 is 13.2 Å². The number of benzene rings is 2. The summed E-state index contributed by atoms with van der Waals surface area (Å²) in [7, 11) is -4.02. The van der Waals surface area contributed by atoms with Crippen LogP contribution in [-0.2, 0) is 21.2 Å². The van der Waals surface area contributed by atoms with Gasteiger partial charge in [-0.3, -0.25) is 9.78 Å². The Morgan fingerprint density at radius 3 is 2.69 bits per heavy atom. The number of sulfonamides is 1. The molecule has 0 bridgehead atoms. The summed E-state index contributed by atoms with van der Waals surface area (Å²) in [6, 6.07) is 15.6. The van der Waals surface area contributed by atoms with Crippen LogP contribution in [0.25, 0.3) is 10.9 Å². The molecule has 0 saturated carbocycles. The molecule has 10 heteroatoms. The maximum absolute atomic E-state index is 14.1. The molecule has 0 N–H and O–H groups in total. The molecule has 204 valence electrons. The quantitative estimate of drug-likeness (QED) is 0.222. The van der Waals surface area contributed by atoms with Gasteiger partial charge in [-0.05, 0) is 65.6 Å². The highest BCUT2D eigenvalue weighted by Gasteiger charge is 2.37. The number of amides is 1. The van der Waals surface area contributed by atoms with E-state index in [0.717, 1.165) is 16.5 Å². The van der Waals surface area contributed by atoms with Crippen molar-refractivity contribution in [3.05, 3.63) is 92.2 Å². The first kappa shape index (κ1) is 28.1. The van der Waals surface area contributed by atoms with Gasteiger partial charge in [0.25, 0.3) is 0 Å². The summed E-state index contributed by atoms with van der Waals surface area (Å²) in [6.45, 7) is 4.48. The molecule has 39 heavy (non-hydrogen) atoms. The summed E-state index contributed by atoms with van der Waals surface area (Å²) in [5, 5.41) is 3.72. The molecule has 3 heterocycles. The second kappa shape index (κ2) is 11.6. The van der Waals surface area contributed by atoms with Crippen LogP contribution in [0.5, 0.6) is 0 Å². The molecule has 2 aromatic carbocycles. The first-order valence-electron chi connectivity index (χ1n) is 12.8. The highest BCUT2D eigenvalue weighted by molar-refractivity contribution is 7.89. The van der Waals surface area contributed by atoms with Crippen molar-refractivity contribution in [2.75, 3.05) is 19.6 Å². The smallest absolute Gasteiger partial charge is 0.245 e. The number of fused-ring (bicyclic) bond motifs is 2. The van der Waals surface area contributed by atoms with E-state index in [1.807, 2.05) is 43.5 Å². The van der Waals surface area contributed by atoms with Gasteiger partial charge in [-0.2, -0.15) is 4.31 Å². The van der Waals surface area contributed by atoms with E-state index in [4.69, 9.17) is 23.2 Å². The second-order valence-electron chi connectivity index (χ2n) is 10.1. The van der Waals surface area contributed by atoms with Crippen molar-refractivity contribution in [3.8, 4) is 0 Å². The van der Waals surface area contributed by atoms with E-state index in [-0.39, 0.29) is 29.8 Å². The molecular weight excluding hydrogens is 573 g/mol. The third kappa shape index (κ3) is 5.72. The Balaban J connectivity index is 1.52. The van der Waals surface area contributed by atoms with E-state index in [9.17, 15) is 13.2 Å². The van der Waals surface area contributed by atoms with Crippen LogP contribution >= 0.6 is 34.5 Å². The van der Waals surface area contributed by atoms with Gasteiger partial charge in [0.1, 0.15) is 4.90 Å². The fraction of sp³-hybridized carbons (Fsp3) is 0.310. The second-order valence-corrected chi connectivity index (χ2v) is 13.8. The van der Waals surface area contributed by atoms with Crippen LogP contribution in [0.15, 0.2) is 71.1 Å². The van der Waals surface area contributed by atoms with Gasteiger partial charge in [0.05, 0.1) is 18.1 Å². The van der Waals surface area contributed by atoms with Crippen LogP contribution in [0.1, 0.15) is 42.3 Å². The fourth-order valence-electron chi connectivity index (χ4n) is 5.00. The Bertz CT molecular complexity index is 1620. The molecule has 1 aliphatic rings. The lowest BCUT2D eigenvalue weighted by Gasteiger charge is -2.38. The maximum atomic E-state index is 14.1. The van der Waals surface area contributed by atoms with Crippen LogP contribution in [0, 0.1) is 5.92 Å². The number of pyridine rings is 1. The standard InChI is InChI=1S/C29H29Cl2N3O3S2/c1-19(2)10-14-33(39(36,37)26-7-3-5-20-6-4-13-32-28(20)26)18-27(35)34-15-11-25-23(12-16-38-25)29(34)22-9-8-21(30)17-24(22)31/h3-9,12-13,16-17,19,29H,10-11,14-15,18H2,1-2H3. The Morgan fingerprint density at radius 1 is 1.13 bits per heavy atom. The number of carbonyl (C=O) groups is 1. The summed E-state index contributed by atoms with van der Waals surface area (Å²) in [6.07, 6.45) is 2.90. The minimum atomic E-state index is -4.02. The molecule has 6 nitrogen and oxygen atoms in total. The highest BCUT2D eigenvalue weighted by Crippen LogP contribution is 2.41. The number of hydrogen-bond acceptors (Lipinski definition) is 5. The first-order chi connectivity index (χ1) is 18.7. The van der Waals surface area contributed by atoms with Crippen molar-refractivity contribution in [2.24, 2.45) is 5.92 Å². The molecule has 1 amide bonds. The highest BCUT2D eigenvalue weighted by atomic mass is 35.5. The molecule has 1 unspecified atom stereocenters. The van der Waals surface area contributed by atoms with Crippen molar-refractivity contribution in [3.63, 3.8) is 0 Å². The molecule has 5 rings (SSSR count). The van der Waals surface area contributed by atoms with Crippen LogP contribution < -0.4 is 0 Å². The fourth-order valence-corrected chi connectivity index (χ4v) is 7.98. The van der Waals surface area contributed by atoms with Crippen LogP contribution in [0.4, 0.5) is 0 Å². The van der Waals surface area contributed by atoms with Crippen LogP contribution in [0.2, 0.25) is 10.0 Å². The van der Waals surface area contributed by atoms with Gasteiger partial charge in [-0.25, -0.2) is 8.42 Å². The van der Waals surface area contributed by atoms with Gasteiger partial charge in [0.2, 0.25) is 15.9 Å². The largest absolute Gasteiger partial charge is 0.330 e. The number of halogens is 2. The summed E-state index contributed by atoms with van der Waals surface area (Å²) < 4.78 is 29.4. The van der Waals surface area contributed by atoms with Crippen LogP contribution in [-0.4, -0.2) is 48.1 Å². The minimum absolute atomic E-state index is 0.105. The van der Waals surface area contributed by atoms with E-state index >= 15 is 0 Å². The number of aromatic nitrogens is 1. The van der Waals surface area contributed by atoms with E-state index in [1.54, 1.807) is 52.8 Å². The maximum Gasteiger partial charge on any atom is 0.245 e. The predicted molar refractivity (Wildman–Crippen MR) is 158 cm³/mol. The lowest BCUT2D eigenvalue weighted by molar-refractivity contribution is -0.133. The SMILES string of the molecule is CC(C)CCN(CC(=O)N1CCc2sccc2C1c1ccc(Cl)cc1Cl)S(=O)(=O)c1cccc2cccnc12. The molecule has 0 fully saturated rings. The number of para-hydroxylation sites is 1. The summed E-state index contributed by atoms with van der Waals surface area (Å²) in [4.78, 5) is 21.4. The van der Waals surface area contributed by atoms with E-state index in [0.29, 0.717) is 34.9 Å². The number of rotatable bonds is 8. The number of nitrogens with zero attached hydrogens (tertiary/aromatic N) is 3. The van der Waals surface area contributed by atoms with E-state index in [2.05, 4.69) is 4.98 Å². The molecular formula is C29H29Cl2N3O3S2. The Hall–Kier alpha value is -2.49. The Morgan fingerprint density at radius 2 is 1.92 bits per heavy atom. The topological polar surface area (TPSA) is 70.6 Å². The van der Waals surface area contributed by atoms with Crippen molar-refractivity contribution in [2.45, 2.75) is 37.6 Å². The average molecular weight is 603 g/mol. The van der Waals surface area contributed by atoms with Crippen molar-refractivity contribution in [1.82, 2.24) is 14.2 Å². The lowest BCUT2D eigenvalue weighted by Crippen LogP contribution is -2.47. The van der Waals surface area contributed by atoms with Crippen LogP contribution in [0.3, 0.4) is 0 Å². The molecule has 4 aromatic rings. The average Bonchev–Trinajstić information content (AvgIpc) is 3.39. The summed E-state index contributed by atoms with van der Waals surface area (Å²) >= 11 is 14.5. The first-order valence-corrected chi connectivity index (χ1v) is 15.9. The Kier molecular flexibility index (Phi) is 8.31. The predicted octanol–water partition coefficient (Wildman–Crippen LogP) is 6.81. The van der Waals surface area contributed by atoms with Gasteiger partial charge in [-0.1, -0.05) is 61.3 Å². The molecule has 1 atom stereocenters. The van der Waals surface area contributed by atoms with E-state index in [1.165, 1.54) is 9.18 Å². The molecule has 0 radical (unpaired) electrons. The van der Waals surface area contributed by atoms with Gasteiger partial charge in [-0.15, -0.1) is 11.3 Å². The number of thiophene rings is 1. The van der Waals surface area contributed by atoms with Crippen molar-refractivity contribution >= 4 is 61.4 Å². The monoisotopic (exact) mass is 601 g/mol. The zero-order valence-electron chi connectivity index (χ0n) is 21.7. The molecule has 0 aliphatic carbocycles. The summed E-state index contributed by atoms with van der Waals surface area (Å²) in [5.41, 5.74) is 2.18. The third-order valence-corrected chi connectivity index (χ3v) is 10.5. The van der Waals surface area contributed by atoms with Gasteiger partial charge in [0.15, 0.2) is 0 Å². The molecule has 0 spiro atoms. The zero-order chi connectivity index (χ0) is 27.7. The zero-order valence-corrected chi connectivity index (χ0v) is 24.8.